The van der Waals surface area contributed by atoms with Gasteiger partial charge in [-0.05, 0) is 36.5 Å². The van der Waals surface area contributed by atoms with Crippen molar-refractivity contribution >= 4 is 5.70 Å². The topological polar surface area (TPSA) is 24.9 Å². The lowest BCUT2D eigenvalue weighted by atomic mass is 9.87. The van der Waals surface area contributed by atoms with Crippen LogP contribution in [-0.2, 0) is 5.41 Å². The summed E-state index contributed by atoms with van der Waals surface area (Å²) in [6, 6.07) is 4.27. The molecule has 2 heteroatoms. The molecule has 0 radical (unpaired) electrons. The van der Waals surface area contributed by atoms with E-state index < -0.39 is 0 Å². The fraction of sp³-hybridized carbons (Fsp3) is 0.533. The summed E-state index contributed by atoms with van der Waals surface area (Å²) >= 11 is 0. The van der Waals surface area contributed by atoms with Crippen molar-refractivity contribution in [2.45, 2.75) is 46.5 Å². The number of nitrogens with zero attached hydrogens (tertiary/aromatic N) is 1. The molecule has 0 unspecified atom stereocenters. The smallest absolute Gasteiger partial charge is 0.0860 e. The van der Waals surface area contributed by atoms with Crippen molar-refractivity contribution in [1.82, 2.24) is 10.3 Å². The Bertz CT molecular complexity index is 386. The molecular weight excluding hydrogens is 208 g/mol. The summed E-state index contributed by atoms with van der Waals surface area (Å²) in [5.41, 5.74) is 3.65. The predicted molar refractivity (Wildman–Crippen MR) is 74.9 cm³/mol. The zero-order valence-corrected chi connectivity index (χ0v) is 11.7. The minimum Gasteiger partial charge on any atom is -0.384 e. The van der Waals surface area contributed by atoms with E-state index in [1.54, 1.807) is 0 Å². The Kier molecular flexibility index (Phi) is 4.73. The fourth-order valence-electron chi connectivity index (χ4n) is 1.64. The van der Waals surface area contributed by atoms with Crippen LogP contribution in [0.25, 0.3) is 5.70 Å². The largest absolute Gasteiger partial charge is 0.384 e. The maximum absolute atomic E-state index is 4.45. The van der Waals surface area contributed by atoms with E-state index in [1.165, 1.54) is 5.56 Å². The molecule has 0 bridgehead atoms. The number of allylic oxidation sites excluding steroid dienone is 1. The van der Waals surface area contributed by atoms with Gasteiger partial charge in [0, 0.05) is 12.7 Å². The highest BCUT2D eigenvalue weighted by Crippen LogP contribution is 2.23. The molecule has 0 aliphatic heterocycles. The van der Waals surface area contributed by atoms with Crippen molar-refractivity contribution in [2.24, 2.45) is 0 Å². The highest BCUT2D eigenvalue weighted by Gasteiger charge is 2.14. The summed E-state index contributed by atoms with van der Waals surface area (Å²) in [4.78, 5) is 4.45. The summed E-state index contributed by atoms with van der Waals surface area (Å²) < 4.78 is 0. The first kappa shape index (κ1) is 13.8. The number of pyridine rings is 1. The van der Waals surface area contributed by atoms with Crippen LogP contribution in [0.4, 0.5) is 0 Å². The van der Waals surface area contributed by atoms with Gasteiger partial charge >= 0.3 is 0 Å². The quantitative estimate of drug-likeness (QED) is 0.855. The van der Waals surface area contributed by atoms with Crippen LogP contribution in [0.5, 0.6) is 0 Å². The van der Waals surface area contributed by atoms with Crippen LogP contribution in [0.15, 0.2) is 24.4 Å². The normalized spacial score (nSPS) is 12.6. The van der Waals surface area contributed by atoms with Crippen LogP contribution in [0.1, 0.15) is 52.3 Å². The van der Waals surface area contributed by atoms with Crippen LogP contribution in [0.3, 0.4) is 0 Å². The van der Waals surface area contributed by atoms with Crippen molar-refractivity contribution < 1.29 is 0 Å². The molecule has 0 amide bonds. The molecule has 0 aliphatic rings. The number of aromatic nitrogens is 1. The van der Waals surface area contributed by atoms with Crippen molar-refractivity contribution in [1.29, 1.82) is 0 Å². The van der Waals surface area contributed by atoms with Crippen LogP contribution in [0.2, 0.25) is 0 Å². The molecule has 1 rings (SSSR count). The van der Waals surface area contributed by atoms with E-state index in [2.05, 4.69) is 56.2 Å². The molecular formula is C15H24N2. The van der Waals surface area contributed by atoms with E-state index in [1.807, 2.05) is 13.1 Å². The van der Waals surface area contributed by atoms with Gasteiger partial charge in [-0.15, -0.1) is 0 Å². The minimum absolute atomic E-state index is 0.168. The molecule has 2 nitrogen and oxygen atoms in total. The van der Waals surface area contributed by atoms with Gasteiger partial charge in [-0.25, -0.2) is 0 Å². The number of nitrogens with one attached hydrogen (secondary N) is 1. The summed E-state index contributed by atoms with van der Waals surface area (Å²) in [5.74, 6) is 0. The van der Waals surface area contributed by atoms with Crippen LogP contribution < -0.4 is 5.32 Å². The second kappa shape index (κ2) is 5.85. The molecule has 0 aliphatic carbocycles. The standard InChI is InChI=1S/C15H24N2/c1-6-9-16-13(7-2)14-11-12(8-10-17-14)15(3,4)5/h7-8,10-11,16H,6,9H2,1-5H3/b13-7-. The maximum atomic E-state index is 4.45. The lowest BCUT2D eigenvalue weighted by molar-refractivity contribution is 0.589. The van der Waals surface area contributed by atoms with Crippen LogP contribution in [0, 0.1) is 0 Å². The summed E-state index contributed by atoms with van der Waals surface area (Å²) in [5, 5.41) is 3.41. The average molecular weight is 232 g/mol. The number of hydrogen-bond acceptors (Lipinski definition) is 2. The zero-order valence-electron chi connectivity index (χ0n) is 11.7. The number of hydrogen-bond donors (Lipinski definition) is 1. The van der Waals surface area contributed by atoms with E-state index in [0.717, 1.165) is 24.4 Å². The van der Waals surface area contributed by atoms with Gasteiger partial charge in [-0.1, -0.05) is 33.8 Å². The van der Waals surface area contributed by atoms with Gasteiger partial charge in [0.15, 0.2) is 0 Å². The van der Waals surface area contributed by atoms with Gasteiger partial charge in [-0.3, -0.25) is 4.98 Å². The van der Waals surface area contributed by atoms with E-state index in [4.69, 9.17) is 0 Å². The second-order valence-electron chi connectivity index (χ2n) is 5.31. The van der Waals surface area contributed by atoms with Gasteiger partial charge in [-0.2, -0.15) is 0 Å². The van der Waals surface area contributed by atoms with E-state index >= 15 is 0 Å². The molecule has 17 heavy (non-hydrogen) atoms. The predicted octanol–water partition coefficient (Wildman–Crippen LogP) is 3.74. The van der Waals surface area contributed by atoms with Crippen molar-refractivity contribution in [2.75, 3.05) is 6.54 Å². The molecule has 0 aromatic carbocycles. The minimum atomic E-state index is 0.168. The highest BCUT2D eigenvalue weighted by molar-refractivity contribution is 5.61. The Labute approximate surface area is 105 Å². The van der Waals surface area contributed by atoms with Gasteiger partial charge < -0.3 is 5.32 Å². The molecule has 1 heterocycles. The molecule has 0 atom stereocenters. The maximum Gasteiger partial charge on any atom is 0.0860 e. The van der Waals surface area contributed by atoms with Crippen LogP contribution >= 0.6 is 0 Å². The van der Waals surface area contributed by atoms with E-state index in [-0.39, 0.29) is 5.41 Å². The third kappa shape index (κ3) is 3.88. The van der Waals surface area contributed by atoms with Gasteiger partial charge in [0.05, 0.1) is 11.4 Å². The molecule has 1 aromatic rings. The van der Waals surface area contributed by atoms with Crippen molar-refractivity contribution in [3.8, 4) is 0 Å². The number of rotatable bonds is 4. The zero-order chi connectivity index (χ0) is 12.9. The SMILES string of the molecule is C/C=C(\NCCC)c1cc(C(C)(C)C)ccn1. The lowest BCUT2D eigenvalue weighted by Crippen LogP contribution is -2.16. The Morgan fingerprint density at radius 2 is 2.12 bits per heavy atom. The van der Waals surface area contributed by atoms with E-state index in [0.29, 0.717) is 0 Å². The Balaban J connectivity index is 2.98. The molecule has 1 N–H and O–H groups in total. The first-order chi connectivity index (χ1) is 7.99. The van der Waals surface area contributed by atoms with Crippen molar-refractivity contribution in [3.63, 3.8) is 0 Å². The fourth-order valence-corrected chi connectivity index (χ4v) is 1.64. The van der Waals surface area contributed by atoms with Crippen LogP contribution in [-0.4, -0.2) is 11.5 Å². The first-order valence-electron chi connectivity index (χ1n) is 6.36. The lowest BCUT2D eigenvalue weighted by Gasteiger charge is -2.20. The van der Waals surface area contributed by atoms with Gasteiger partial charge in [0.1, 0.15) is 0 Å². The van der Waals surface area contributed by atoms with Crippen molar-refractivity contribution in [3.05, 3.63) is 35.7 Å². The summed E-state index contributed by atoms with van der Waals surface area (Å²) in [6.07, 6.45) is 5.10. The average Bonchev–Trinajstić information content (AvgIpc) is 2.29. The summed E-state index contributed by atoms with van der Waals surface area (Å²) in [6.45, 7) is 11.9. The highest BCUT2D eigenvalue weighted by atomic mass is 14.9. The van der Waals surface area contributed by atoms with Gasteiger partial charge in [0.2, 0.25) is 0 Å². The third-order valence-corrected chi connectivity index (χ3v) is 2.76. The Morgan fingerprint density at radius 1 is 1.41 bits per heavy atom. The third-order valence-electron chi connectivity index (χ3n) is 2.76. The Hall–Kier alpha value is -1.31. The van der Waals surface area contributed by atoms with Gasteiger partial charge in [0.25, 0.3) is 0 Å². The molecule has 0 saturated heterocycles. The molecule has 94 valence electrons. The monoisotopic (exact) mass is 232 g/mol. The molecule has 0 spiro atoms. The molecule has 1 aromatic heterocycles. The Morgan fingerprint density at radius 3 is 2.65 bits per heavy atom. The second-order valence-corrected chi connectivity index (χ2v) is 5.31. The summed E-state index contributed by atoms with van der Waals surface area (Å²) in [7, 11) is 0. The van der Waals surface area contributed by atoms with E-state index in [9.17, 15) is 0 Å². The first-order valence-corrected chi connectivity index (χ1v) is 6.36. The molecule has 0 fully saturated rings. The molecule has 0 saturated carbocycles.